The van der Waals surface area contributed by atoms with Crippen LogP contribution in [0.5, 0.6) is 0 Å². The number of carbonyl (C=O) groups is 1. The van der Waals surface area contributed by atoms with Gasteiger partial charge in [-0.1, -0.05) is 0 Å². The third-order valence-electron chi connectivity index (χ3n) is 3.16. The summed E-state index contributed by atoms with van der Waals surface area (Å²) in [6.45, 7) is 0. The lowest BCUT2D eigenvalue weighted by Gasteiger charge is -2.66. The van der Waals surface area contributed by atoms with Gasteiger partial charge in [0.05, 0.1) is 11.3 Å². The van der Waals surface area contributed by atoms with E-state index in [1.807, 2.05) is 0 Å². The Hall–Kier alpha value is -0.740. The molecule has 0 heterocycles. The minimum absolute atomic E-state index is 0.336. The minimum atomic E-state index is -4.24. The molecule has 3 saturated carbocycles. The maximum absolute atomic E-state index is 12.2. The lowest BCUT2D eigenvalue weighted by Crippen LogP contribution is -2.71. The van der Waals surface area contributed by atoms with Gasteiger partial charge in [0.2, 0.25) is 5.91 Å². The number of rotatable bonds is 1. The molecule has 0 spiro atoms. The van der Waals surface area contributed by atoms with E-state index >= 15 is 0 Å². The molecular weight excluding hydrogens is 171 g/mol. The highest BCUT2D eigenvalue weighted by atomic mass is 19.4. The first kappa shape index (κ1) is 7.89. The molecule has 3 aliphatic carbocycles. The molecule has 3 rings (SSSR count). The molecule has 0 saturated heterocycles. The van der Waals surface area contributed by atoms with Gasteiger partial charge in [-0.05, 0) is 18.8 Å². The predicted molar refractivity (Wildman–Crippen MR) is 33.9 cm³/mol. The quantitative estimate of drug-likeness (QED) is 0.642. The zero-order chi connectivity index (χ0) is 9.15. The number of nitrogens with two attached hydrogens (primary N) is 1. The van der Waals surface area contributed by atoms with Crippen molar-refractivity contribution in [1.82, 2.24) is 0 Å². The molecule has 1 atom stereocenters. The molecule has 1 amide bonds. The monoisotopic (exact) mass is 179 g/mol. The van der Waals surface area contributed by atoms with Gasteiger partial charge in [0, 0.05) is 0 Å². The fourth-order valence-corrected chi connectivity index (χ4v) is 2.43. The van der Waals surface area contributed by atoms with Gasteiger partial charge < -0.3 is 5.73 Å². The zero-order valence-corrected chi connectivity index (χ0v) is 6.19. The van der Waals surface area contributed by atoms with Crippen LogP contribution in [0.2, 0.25) is 0 Å². The van der Waals surface area contributed by atoms with Crippen LogP contribution in [0, 0.1) is 17.3 Å². The maximum Gasteiger partial charge on any atom is 0.393 e. The van der Waals surface area contributed by atoms with Gasteiger partial charge in [-0.2, -0.15) is 13.2 Å². The highest BCUT2D eigenvalue weighted by molar-refractivity contribution is 5.84. The third kappa shape index (κ3) is 0.647. The van der Waals surface area contributed by atoms with Crippen LogP contribution in [0.3, 0.4) is 0 Å². The Morgan fingerprint density at radius 1 is 1.42 bits per heavy atom. The molecule has 68 valence electrons. The summed E-state index contributed by atoms with van der Waals surface area (Å²) in [5, 5.41) is 0. The van der Waals surface area contributed by atoms with Crippen molar-refractivity contribution in [2.45, 2.75) is 19.0 Å². The van der Waals surface area contributed by atoms with Gasteiger partial charge in [-0.25, -0.2) is 0 Å². The number of primary amides is 1. The van der Waals surface area contributed by atoms with Crippen LogP contribution < -0.4 is 5.73 Å². The SMILES string of the molecule is NC(=O)C12CC(C1)C2C(F)(F)F. The number of carbonyl (C=O) groups excluding carboxylic acids is 1. The molecule has 2 nitrogen and oxygen atoms in total. The molecule has 0 aliphatic heterocycles. The van der Waals surface area contributed by atoms with E-state index in [9.17, 15) is 18.0 Å². The van der Waals surface area contributed by atoms with Gasteiger partial charge in [0.1, 0.15) is 0 Å². The smallest absolute Gasteiger partial charge is 0.369 e. The van der Waals surface area contributed by atoms with Crippen molar-refractivity contribution in [2.24, 2.45) is 23.0 Å². The molecule has 0 aromatic heterocycles. The molecule has 2 bridgehead atoms. The van der Waals surface area contributed by atoms with E-state index in [-0.39, 0.29) is 5.92 Å². The van der Waals surface area contributed by atoms with Crippen molar-refractivity contribution in [3.63, 3.8) is 0 Å². The van der Waals surface area contributed by atoms with Crippen LogP contribution in [0.1, 0.15) is 12.8 Å². The molecule has 12 heavy (non-hydrogen) atoms. The summed E-state index contributed by atoms with van der Waals surface area (Å²) in [5.41, 5.74) is 3.70. The van der Waals surface area contributed by atoms with Crippen LogP contribution >= 0.6 is 0 Å². The van der Waals surface area contributed by atoms with Gasteiger partial charge in [0.25, 0.3) is 0 Å². The summed E-state index contributed by atoms with van der Waals surface area (Å²) in [7, 11) is 0. The van der Waals surface area contributed by atoms with E-state index < -0.39 is 23.4 Å². The first-order valence-corrected chi connectivity index (χ1v) is 3.74. The molecule has 0 aromatic rings. The molecule has 0 radical (unpaired) electrons. The summed E-state index contributed by atoms with van der Waals surface area (Å²) in [4.78, 5) is 10.7. The summed E-state index contributed by atoms with van der Waals surface area (Å²) in [6.07, 6.45) is -3.56. The zero-order valence-electron chi connectivity index (χ0n) is 6.19. The largest absolute Gasteiger partial charge is 0.393 e. The molecule has 2 N–H and O–H groups in total. The van der Waals surface area contributed by atoms with Gasteiger partial charge in [-0.15, -0.1) is 0 Å². The Balaban J connectivity index is 2.19. The summed E-state index contributed by atoms with van der Waals surface area (Å²) >= 11 is 0. The van der Waals surface area contributed by atoms with Crippen molar-refractivity contribution in [2.75, 3.05) is 0 Å². The summed E-state index contributed by atoms with van der Waals surface area (Å²) in [5.74, 6) is -2.56. The van der Waals surface area contributed by atoms with Crippen molar-refractivity contribution in [3.8, 4) is 0 Å². The van der Waals surface area contributed by atoms with Crippen LogP contribution in [-0.2, 0) is 4.79 Å². The normalized spacial score (nSPS) is 44.6. The van der Waals surface area contributed by atoms with E-state index in [1.165, 1.54) is 0 Å². The highest BCUT2D eigenvalue weighted by Crippen LogP contribution is 2.72. The van der Waals surface area contributed by atoms with Gasteiger partial charge in [0.15, 0.2) is 0 Å². The maximum atomic E-state index is 12.2. The van der Waals surface area contributed by atoms with Gasteiger partial charge >= 0.3 is 6.18 Å². The Labute approximate surface area is 66.9 Å². The van der Waals surface area contributed by atoms with Crippen LogP contribution in [0.15, 0.2) is 0 Å². The summed E-state index contributed by atoms with van der Waals surface area (Å²) < 4.78 is 36.5. The number of hydrogen-bond donors (Lipinski definition) is 1. The molecule has 1 unspecified atom stereocenters. The first-order chi connectivity index (χ1) is 5.38. The third-order valence-corrected chi connectivity index (χ3v) is 3.16. The molecular formula is C7H8F3NO. The molecule has 3 fully saturated rings. The van der Waals surface area contributed by atoms with Crippen molar-refractivity contribution in [1.29, 1.82) is 0 Å². The van der Waals surface area contributed by atoms with E-state index in [1.54, 1.807) is 0 Å². The Bertz CT molecular complexity index is 242. The van der Waals surface area contributed by atoms with E-state index in [0.29, 0.717) is 12.8 Å². The Morgan fingerprint density at radius 2 is 1.92 bits per heavy atom. The second kappa shape index (κ2) is 1.78. The number of alkyl halides is 3. The number of hydrogen-bond acceptors (Lipinski definition) is 1. The molecule has 0 aromatic carbocycles. The minimum Gasteiger partial charge on any atom is -0.369 e. The Morgan fingerprint density at radius 3 is 2.00 bits per heavy atom. The second-order valence-corrected chi connectivity index (χ2v) is 3.71. The highest BCUT2D eigenvalue weighted by Gasteiger charge is 2.76. The average molecular weight is 179 g/mol. The van der Waals surface area contributed by atoms with E-state index in [0.717, 1.165) is 0 Å². The van der Waals surface area contributed by atoms with Crippen molar-refractivity contribution < 1.29 is 18.0 Å². The summed E-state index contributed by atoms with van der Waals surface area (Å²) in [6, 6.07) is 0. The fraction of sp³-hybridized carbons (Fsp3) is 0.857. The molecule has 5 heteroatoms. The van der Waals surface area contributed by atoms with Crippen LogP contribution in [0.4, 0.5) is 13.2 Å². The number of halogens is 3. The second-order valence-electron chi connectivity index (χ2n) is 3.71. The average Bonchev–Trinajstić information content (AvgIpc) is 1.45. The van der Waals surface area contributed by atoms with Gasteiger partial charge in [-0.3, -0.25) is 4.79 Å². The van der Waals surface area contributed by atoms with E-state index in [2.05, 4.69) is 0 Å². The molecule has 3 aliphatic rings. The topological polar surface area (TPSA) is 43.1 Å². The van der Waals surface area contributed by atoms with Crippen molar-refractivity contribution >= 4 is 5.91 Å². The lowest BCUT2D eigenvalue weighted by atomic mass is 9.37. The lowest BCUT2D eigenvalue weighted by molar-refractivity contribution is -0.318. The predicted octanol–water partition coefficient (Wildman–Crippen LogP) is 1.06. The first-order valence-electron chi connectivity index (χ1n) is 3.74. The Kier molecular flexibility index (Phi) is 1.17. The standard InChI is InChI=1S/C7H8F3NO/c8-7(9,10)4-3-1-6(4,2-3)5(11)12/h3-4H,1-2H2,(H2,11,12). The van der Waals surface area contributed by atoms with Crippen LogP contribution in [-0.4, -0.2) is 12.1 Å². The van der Waals surface area contributed by atoms with Crippen LogP contribution in [0.25, 0.3) is 0 Å². The number of amides is 1. The fourth-order valence-electron chi connectivity index (χ4n) is 2.43. The van der Waals surface area contributed by atoms with Crippen molar-refractivity contribution in [3.05, 3.63) is 0 Å². The van der Waals surface area contributed by atoms with E-state index in [4.69, 9.17) is 5.73 Å².